The SMILES string of the molecule is COc1cc(/C=N\NC(=O)c2ccc(C#N)cc2F)cc(I)c1OCc1ccc(Cl)c(Cl)c1. The van der Waals surface area contributed by atoms with Crippen LogP contribution in [0.2, 0.25) is 10.0 Å². The maximum atomic E-state index is 14.0. The van der Waals surface area contributed by atoms with Crippen molar-refractivity contribution < 1.29 is 18.7 Å². The molecule has 0 bridgehead atoms. The van der Waals surface area contributed by atoms with Gasteiger partial charge in [-0.25, -0.2) is 9.82 Å². The predicted octanol–water partition coefficient (Wildman–Crippen LogP) is 5.96. The van der Waals surface area contributed by atoms with E-state index in [0.29, 0.717) is 27.1 Å². The van der Waals surface area contributed by atoms with Gasteiger partial charge in [-0.1, -0.05) is 29.3 Å². The molecule has 0 aliphatic carbocycles. The van der Waals surface area contributed by atoms with Crippen molar-refractivity contribution in [2.45, 2.75) is 6.61 Å². The minimum atomic E-state index is -0.804. The van der Waals surface area contributed by atoms with Crippen LogP contribution in [-0.2, 0) is 6.61 Å². The normalized spacial score (nSPS) is 10.7. The Balaban J connectivity index is 1.71. The van der Waals surface area contributed by atoms with Crippen molar-refractivity contribution >= 4 is 57.9 Å². The molecule has 0 atom stereocenters. The minimum Gasteiger partial charge on any atom is -0.493 e. The summed E-state index contributed by atoms with van der Waals surface area (Å²) in [6.07, 6.45) is 1.40. The lowest BCUT2D eigenvalue weighted by atomic mass is 10.1. The first kappa shape index (κ1) is 24.8. The first-order valence-corrected chi connectivity index (χ1v) is 11.1. The lowest BCUT2D eigenvalue weighted by molar-refractivity contribution is 0.0951. The summed E-state index contributed by atoms with van der Waals surface area (Å²) in [6, 6.07) is 14.1. The quantitative estimate of drug-likeness (QED) is 0.207. The zero-order valence-electron chi connectivity index (χ0n) is 17.0. The first-order valence-electron chi connectivity index (χ1n) is 9.29. The van der Waals surface area contributed by atoms with Gasteiger partial charge in [0.25, 0.3) is 5.91 Å². The number of nitriles is 1. The summed E-state index contributed by atoms with van der Waals surface area (Å²) in [5.41, 5.74) is 3.63. The minimum absolute atomic E-state index is 0.121. The number of hydrazone groups is 1. The Bertz CT molecular complexity index is 1280. The molecule has 33 heavy (non-hydrogen) atoms. The summed E-state index contributed by atoms with van der Waals surface area (Å²) >= 11 is 14.1. The fraction of sp³-hybridized carbons (Fsp3) is 0.0870. The molecule has 3 rings (SSSR count). The average molecular weight is 598 g/mol. The van der Waals surface area contributed by atoms with Gasteiger partial charge in [-0.15, -0.1) is 0 Å². The van der Waals surface area contributed by atoms with E-state index in [-0.39, 0.29) is 17.7 Å². The van der Waals surface area contributed by atoms with Crippen LogP contribution >= 0.6 is 45.8 Å². The molecule has 168 valence electrons. The standard InChI is InChI=1S/C23H15Cl2FIN3O3/c1-32-21-9-15(11-29-30-23(31)16-4-2-13(10-28)7-19(16)26)8-20(27)22(21)33-12-14-3-5-17(24)18(25)6-14/h2-9,11H,12H2,1H3,(H,30,31)/b29-11-. The fourth-order valence-electron chi connectivity index (χ4n) is 2.73. The molecule has 0 fully saturated rings. The van der Waals surface area contributed by atoms with E-state index in [1.54, 1.807) is 30.3 Å². The van der Waals surface area contributed by atoms with Crippen LogP contribution in [0.1, 0.15) is 27.0 Å². The van der Waals surface area contributed by atoms with Crippen LogP contribution in [0.25, 0.3) is 0 Å². The molecule has 0 saturated heterocycles. The molecule has 0 aliphatic heterocycles. The topological polar surface area (TPSA) is 83.7 Å². The van der Waals surface area contributed by atoms with Crippen molar-refractivity contribution in [3.8, 4) is 17.6 Å². The largest absolute Gasteiger partial charge is 0.493 e. The number of nitrogens with one attached hydrogen (secondary N) is 1. The van der Waals surface area contributed by atoms with Crippen LogP contribution in [-0.4, -0.2) is 19.2 Å². The summed E-state index contributed by atoms with van der Waals surface area (Å²) in [5.74, 6) is -0.546. The molecule has 0 unspecified atom stereocenters. The second kappa shape index (κ2) is 11.3. The van der Waals surface area contributed by atoms with Crippen LogP contribution in [0.15, 0.2) is 53.6 Å². The Morgan fingerprint density at radius 1 is 1.21 bits per heavy atom. The lowest BCUT2D eigenvalue weighted by Gasteiger charge is -2.14. The highest BCUT2D eigenvalue weighted by atomic mass is 127. The smallest absolute Gasteiger partial charge is 0.274 e. The molecule has 10 heteroatoms. The van der Waals surface area contributed by atoms with Crippen molar-refractivity contribution in [3.05, 3.63) is 90.2 Å². The molecule has 0 spiro atoms. The van der Waals surface area contributed by atoms with E-state index in [1.807, 2.05) is 6.07 Å². The molecule has 0 radical (unpaired) electrons. The molecular weight excluding hydrogens is 583 g/mol. The van der Waals surface area contributed by atoms with Crippen LogP contribution in [0.5, 0.6) is 11.5 Å². The van der Waals surface area contributed by atoms with E-state index < -0.39 is 11.7 Å². The number of carbonyl (C=O) groups is 1. The fourth-order valence-corrected chi connectivity index (χ4v) is 3.84. The molecule has 0 aromatic heterocycles. The monoisotopic (exact) mass is 597 g/mol. The van der Waals surface area contributed by atoms with Gasteiger partial charge in [0.05, 0.1) is 44.1 Å². The molecular formula is C23H15Cl2FIN3O3. The summed E-state index contributed by atoms with van der Waals surface area (Å²) < 4.78 is 26.1. The summed E-state index contributed by atoms with van der Waals surface area (Å²) in [5, 5.41) is 13.6. The predicted molar refractivity (Wildman–Crippen MR) is 133 cm³/mol. The van der Waals surface area contributed by atoms with Gasteiger partial charge in [0.1, 0.15) is 12.4 Å². The Morgan fingerprint density at radius 3 is 2.67 bits per heavy atom. The van der Waals surface area contributed by atoms with Crippen molar-refractivity contribution in [3.63, 3.8) is 0 Å². The van der Waals surface area contributed by atoms with E-state index >= 15 is 0 Å². The molecule has 3 aromatic carbocycles. The van der Waals surface area contributed by atoms with Gasteiger partial charge in [-0.05, 0) is 76.2 Å². The molecule has 6 nitrogen and oxygen atoms in total. The number of hydrogen-bond donors (Lipinski definition) is 1. The zero-order valence-corrected chi connectivity index (χ0v) is 20.7. The highest BCUT2D eigenvalue weighted by Gasteiger charge is 2.13. The van der Waals surface area contributed by atoms with Crippen molar-refractivity contribution in [1.82, 2.24) is 5.43 Å². The van der Waals surface area contributed by atoms with E-state index in [1.165, 1.54) is 25.5 Å². The number of ether oxygens (including phenoxy) is 2. The number of halogens is 4. The number of amides is 1. The number of nitrogens with zero attached hydrogens (tertiary/aromatic N) is 2. The summed E-state index contributed by atoms with van der Waals surface area (Å²) in [6.45, 7) is 0.253. The average Bonchev–Trinajstić information content (AvgIpc) is 2.80. The van der Waals surface area contributed by atoms with Crippen molar-refractivity contribution in [1.29, 1.82) is 5.26 Å². The van der Waals surface area contributed by atoms with Gasteiger partial charge in [-0.2, -0.15) is 10.4 Å². The maximum Gasteiger partial charge on any atom is 0.274 e. The van der Waals surface area contributed by atoms with E-state index in [9.17, 15) is 9.18 Å². The molecule has 0 saturated carbocycles. The second-order valence-electron chi connectivity index (χ2n) is 6.58. The van der Waals surface area contributed by atoms with Crippen LogP contribution < -0.4 is 14.9 Å². The number of methoxy groups -OCH3 is 1. The van der Waals surface area contributed by atoms with Gasteiger partial charge in [0.15, 0.2) is 11.5 Å². The first-order chi connectivity index (χ1) is 15.8. The third kappa shape index (κ3) is 6.35. The molecule has 1 N–H and O–H groups in total. The number of rotatable bonds is 7. The Morgan fingerprint density at radius 2 is 2.00 bits per heavy atom. The van der Waals surface area contributed by atoms with Crippen molar-refractivity contribution in [2.75, 3.05) is 7.11 Å². The Labute approximate surface area is 213 Å². The van der Waals surface area contributed by atoms with E-state index in [0.717, 1.165) is 15.2 Å². The van der Waals surface area contributed by atoms with Gasteiger partial charge in [0, 0.05) is 0 Å². The van der Waals surface area contributed by atoms with Gasteiger partial charge in [0.2, 0.25) is 0 Å². The molecule has 1 amide bonds. The number of carbonyl (C=O) groups excluding carboxylic acids is 1. The molecule has 0 aliphatic rings. The lowest BCUT2D eigenvalue weighted by Crippen LogP contribution is -2.19. The number of benzene rings is 3. The van der Waals surface area contributed by atoms with Gasteiger partial charge < -0.3 is 9.47 Å². The van der Waals surface area contributed by atoms with Crippen molar-refractivity contribution in [2.24, 2.45) is 5.10 Å². The van der Waals surface area contributed by atoms with Crippen LogP contribution in [0, 0.1) is 20.7 Å². The molecule has 0 heterocycles. The third-order valence-electron chi connectivity index (χ3n) is 4.34. The van der Waals surface area contributed by atoms with Gasteiger partial charge in [-0.3, -0.25) is 4.79 Å². The van der Waals surface area contributed by atoms with Crippen LogP contribution in [0.4, 0.5) is 4.39 Å². The molecule has 3 aromatic rings. The highest BCUT2D eigenvalue weighted by molar-refractivity contribution is 14.1. The van der Waals surface area contributed by atoms with E-state index in [2.05, 4.69) is 33.1 Å². The van der Waals surface area contributed by atoms with E-state index in [4.69, 9.17) is 37.9 Å². The second-order valence-corrected chi connectivity index (χ2v) is 8.55. The Kier molecular flexibility index (Phi) is 8.49. The van der Waals surface area contributed by atoms with Crippen LogP contribution in [0.3, 0.4) is 0 Å². The third-order valence-corrected chi connectivity index (χ3v) is 5.88. The summed E-state index contributed by atoms with van der Waals surface area (Å²) in [4.78, 5) is 12.2. The highest BCUT2D eigenvalue weighted by Crippen LogP contribution is 2.34. The maximum absolute atomic E-state index is 14.0. The zero-order chi connectivity index (χ0) is 24.0. The summed E-state index contributed by atoms with van der Waals surface area (Å²) in [7, 11) is 1.51. The van der Waals surface area contributed by atoms with Gasteiger partial charge >= 0.3 is 0 Å². The Hall–Kier alpha value is -2.87. The number of hydrogen-bond acceptors (Lipinski definition) is 5.